The van der Waals surface area contributed by atoms with E-state index in [1.54, 1.807) is 4.90 Å². The maximum absolute atomic E-state index is 13.8. The van der Waals surface area contributed by atoms with Crippen LogP contribution in [0.5, 0.6) is 5.75 Å². The highest BCUT2D eigenvalue weighted by Crippen LogP contribution is 2.20. The second kappa shape index (κ2) is 10.5. The number of rotatable bonds is 6. The number of hydrogen-bond acceptors (Lipinski definition) is 5. The van der Waals surface area contributed by atoms with Crippen LogP contribution in [0.4, 0.5) is 4.39 Å². The Hall–Kier alpha value is -2.19. The molecule has 0 aliphatic carbocycles. The van der Waals surface area contributed by atoms with Crippen molar-refractivity contribution < 1.29 is 23.5 Å². The quantitative estimate of drug-likeness (QED) is 0.698. The Morgan fingerprint density at radius 1 is 1.28 bits per heavy atom. The number of amides is 2. The van der Waals surface area contributed by atoms with E-state index in [0.717, 1.165) is 25.5 Å². The first-order chi connectivity index (χ1) is 13.5. The number of hydrogen-bond donors (Lipinski definition) is 1. The minimum Gasteiger partial charge on any atom is -0.494 e. The summed E-state index contributed by atoms with van der Waals surface area (Å²) in [7, 11) is 1.36. The molecule has 0 spiro atoms. The summed E-state index contributed by atoms with van der Waals surface area (Å²) in [5.74, 6) is -0.827. The van der Waals surface area contributed by atoms with Crippen LogP contribution >= 0.6 is 12.4 Å². The molecule has 1 aromatic carbocycles. The van der Waals surface area contributed by atoms with Gasteiger partial charge in [-0.05, 0) is 31.0 Å². The lowest BCUT2D eigenvalue weighted by molar-refractivity contribution is -0.140. The first-order valence-electron chi connectivity index (χ1n) is 9.64. The molecule has 9 heteroatoms. The number of nitrogens with zero attached hydrogens (tertiary/aromatic N) is 2. The number of carbonyl (C=O) groups is 3. The Balaban J connectivity index is 0.00000300. The number of Topliss-reactive ketones (excluding diaryl/α,β-unsaturated/α-hetero) is 1. The zero-order valence-electron chi connectivity index (χ0n) is 16.5. The fraction of sp³-hybridized carbons (Fsp3) is 0.550. The molecule has 29 heavy (non-hydrogen) atoms. The van der Waals surface area contributed by atoms with Gasteiger partial charge in [-0.25, -0.2) is 4.39 Å². The number of piperazine rings is 1. The van der Waals surface area contributed by atoms with Crippen LogP contribution in [0.3, 0.4) is 0 Å². The number of carbonyl (C=O) groups excluding carboxylic acids is 3. The van der Waals surface area contributed by atoms with Crippen LogP contribution in [0.15, 0.2) is 18.2 Å². The predicted molar refractivity (Wildman–Crippen MR) is 108 cm³/mol. The number of nitrogens with one attached hydrogen (secondary N) is 1. The molecule has 2 aliphatic rings. The lowest BCUT2D eigenvalue weighted by Crippen LogP contribution is -2.57. The third kappa shape index (κ3) is 5.67. The number of ketones is 1. The smallest absolute Gasteiger partial charge is 0.236 e. The molecule has 2 saturated heterocycles. The monoisotopic (exact) mass is 427 g/mol. The first kappa shape index (κ1) is 23.1. The molecule has 2 heterocycles. The summed E-state index contributed by atoms with van der Waals surface area (Å²) in [6, 6.07) is 4.09. The number of halogens is 2. The van der Waals surface area contributed by atoms with Crippen molar-refractivity contribution >= 4 is 30.0 Å². The van der Waals surface area contributed by atoms with E-state index in [9.17, 15) is 18.8 Å². The van der Waals surface area contributed by atoms with E-state index in [0.29, 0.717) is 26.2 Å². The largest absolute Gasteiger partial charge is 0.494 e. The fourth-order valence-corrected chi connectivity index (χ4v) is 3.81. The van der Waals surface area contributed by atoms with Crippen molar-refractivity contribution in [3.8, 4) is 5.75 Å². The molecule has 1 unspecified atom stereocenters. The van der Waals surface area contributed by atoms with Crippen molar-refractivity contribution in [1.82, 2.24) is 15.1 Å². The van der Waals surface area contributed by atoms with Crippen LogP contribution in [0, 0.1) is 5.82 Å². The lowest BCUT2D eigenvalue weighted by Gasteiger charge is -2.41. The van der Waals surface area contributed by atoms with Gasteiger partial charge < -0.3 is 19.9 Å². The number of benzene rings is 1. The topological polar surface area (TPSA) is 79.0 Å². The number of methoxy groups -OCH3 is 1. The summed E-state index contributed by atoms with van der Waals surface area (Å²) in [6.45, 7) is 2.92. The summed E-state index contributed by atoms with van der Waals surface area (Å²) in [5, 5.41) is 3.05. The Bertz CT molecular complexity index is 761. The normalized spacial score (nSPS) is 19.5. The lowest BCUT2D eigenvalue weighted by atomic mass is 10.0. The summed E-state index contributed by atoms with van der Waals surface area (Å²) in [6.07, 6.45) is 1.83. The van der Waals surface area contributed by atoms with Gasteiger partial charge in [-0.15, -0.1) is 12.4 Å². The van der Waals surface area contributed by atoms with Crippen LogP contribution in [-0.2, 0) is 9.59 Å². The highest BCUT2D eigenvalue weighted by atomic mass is 35.5. The molecule has 160 valence electrons. The molecule has 0 aromatic heterocycles. The zero-order valence-corrected chi connectivity index (χ0v) is 17.3. The van der Waals surface area contributed by atoms with Gasteiger partial charge in [0.2, 0.25) is 11.8 Å². The van der Waals surface area contributed by atoms with Crippen LogP contribution in [0.25, 0.3) is 0 Å². The standard InChI is InChI=1S/C20H26FN3O4.ClH/c1-28-18-6-4-14(11-16(18)21)17(25)5-7-19(26)23-9-2-3-15(13-23)24-10-8-22-12-20(24)27;/h4,6,11,15,22H,2-3,5,7-10,12-13H2,1H3;1H. The summed E-state index contributed by atoms with van der Waals surface area (Å²) in [4.78, 5) is 40.6. The third-order valence-corrected chi connectivity index (χ3v) is 5.36. The van der Waals surface area contributed by atoms with Crippen molar-refractivity contribution in [2.45, 2.75) is 31.7 Å². The molecule has 1 atom stereocenters. The Labute approximate surface area is 176 Å². The second-order valence-electron chi connectivity index (χ2n) is 7.17. The Kier molecular flexibility index (Phi) is 8.40. The molecule has 0 saturated carbocycles. The van der Waals surface area contributed by atoms with Crippen LogP contribution < -0.4 is 10.1 Å². The van der Waals surface area contributed by atoms with Gasteiger partial charge in [0.1, 0.15) is 0 Å². The molecule has 2 fully saturated rings. The Morgan fingerprint density at radius 3 is 2.76 bits per heavy atom. The van der Waals surface area contributed by atoms with Crippen molar-refractivity contribution in [2.24, 2.45) is 0 Å². The van der Waals surface area contributed by atoms with Crippen molar-refractivity contribution in [3.05, 3.63) is 29.6 Å². The van der Waals surface area contributed by atoms with Crippen LogP contribution in [0.2, 0.25) is 0 Å². The minimum absolute atomic E-state index is 0. The molecule has 0 radical (unpaired) electrons. The predicted octanol–water partition coefficient (Wildman–Crippen LogP) is 1.64. The van der Waals surface area contributed by atoms with Gasteiger partial charge in [-0.3, -0.25) is 14.4 Å². The molecule has 0 bridgehead atoms. The fourth-order valence-electron chi connectivity index (χ4n) is 3.81. The van der Waals surface area contributed by atoms with Gasteiger partial charge >= 0.3 is 0 Å². The molecule has 3 rings (SSSR count). The van der Waals surface area contributed by atoms with Gasteiger partial charge in [0.25, 0.3) is 0 Å². The zero-order chi connectivity index (χ0) is 20.1. The first-order valence-corrected chi connectivity index (χ1v) is 9.64. The van der Waals surface area contributed by atoms with E-state index < -0.39 is 5.82 Å². The number of likely N-dealkylation sites (tertiary alicyclic amines) is 1. The van der Waals surface area contributed by atoms with E-state index in [-0.39, 0.29) is 60.2 Å². The molecule has 1 N–H and O–H groups in total. The molecule has 2 aliphatic heterocycles. The third-order valence-electron chi connectivity index (χ3n) is 5.36. The van der Waals surface area contributed by atoms with Gasteiger partial charge in [-0.1, -0.05) is 0 Å². The maximum Gasteiger partial charge on any atom is 0.236 e. The molecular weight excluding hydrogens is 401 g/mol. The number of ether oxygens (including phenoxy) is 1. The summed E-state index contributed by atoms with van der Waals surface area (Å²) >= 11 is 0. The average Bonchev–Trinajstić information content (AvgIpc) is 2.72. The molecule has 1 aromatic rings. The van der Waals surface area contributed by atoms with Crippen molar-refractivity contribution in [1.29, 1.82) is 0 Å². The van der Waals surface area contributed by atoms with Gasteiger partial charge in [0, 0.05) is 50.6 Å². The van der Waals surface area contributed by atoms with Crippen LogP contribution in [0.1, 0.15) is 36.0 Å². The number of piperidine rings is 1. The maximum atomic E-state index is 13.8. The van der Waals surface area contributed by atoms with Gasteiger partial charge in [0.15, 0.2) is 17.3 Å². The van der Waals surface area contributed by atoms with E-state index in [1.165, 1.54) is 19.2 Å². The van der Waals surface area contributed by atoms with E-state index in [4.69, 9.17) is 4.74 Å². The van der Waals surface area contributed by atoms with Crippen LogP contribution in [-0.4, -0.2) is 73.3 Å². The van der Waals surface area contributed by atoms with Gasteiger partial charge in [-0.2, -0.15) is 0 Å². The highest BCUT2D eigenvalue weighted by Gasteiger charge is 2.31. The summed E-state index contributed by atoms with van der Waals surface area (Å²) < 4.78 is 18.6. The molecule has 2 amide bonds. The van der Waals surface area contributed by atoms with E-state index in [2.05, 4.69) is 5.32 Å². The highest BCUT2D eigenvalue weighted by molar-refractivity contribution is 5.98. The summed E-state index contributed by atoms with van der Waals surface area (Å²) in [5.41, 5.74) is 0.231. The van der Waals surface area contributed by atoms with Crippen molar-refractivity contribution in [3.63, 3.8) is 0 Å². The van der Waals surface area contributed by atoms with Crippen molar-refractivity contribution in [2.75, 3.05) is 39.8 Å². The SMILES string of the molecule is COc1ccc(C(=O)CCC(=O)N2CCCC(N3CCNCC3=O)C2)cc1F.Cl. The van der Waals surface area contributed by atoms with Gasteiger partial charge in [0.05, 0.1) is 13.7 Å². The van der Waals surface area contributed by atoms with E-state index >= 15 is 0 Å². The minimum atomic E-state index is -0.598. The Morgan fingerprint density at radius 2 is 2.07 bits per heavy atom. The second-order valence-corrected chi connectivity index (χ2v) is 7.17. The molecule has 7 nitrogen and oxygen atoms in total. The molecular formula is C20H27ClFN3O4. The van der Waals surface area contributed by atoms with E-state index in [1.807, 2.05) is 4.90 Å². The average molecular weight is 428 g/mol.